The number of unbranched alkanes of at least 4 members (excludes halogenated alkanes) is 2. The molecule has 6 heteroatoms. The number of carbonyl (C=O) groups is 1. The van der Waals surface area contributed by atoms with Gasteiger partial charge in [0, 0.05) is 5.02 Å². The molecule has 0 radical (unpaired) electrons. The molecule has 0 amide bonds. The molecule has 0 fully saturated rings. The third kappa shape index (κ3) is 3.98. The molecule has 2 aromatic heterocycles. The van der Waals surface area contributed by atoms with Crippen molar-refractivity contribution in [2.75, 3.05) is 7.11 Å². The predicted molar refractivity (Wildman–Crippen MR) is 107 cm³/mol. The Morgan fingerprint density at radius 3 is 2.67 bits per heavy atom. The second-order valence-electron chi connectivity index (χ2n) is 6.59. The van der Waals surface area contributed by atoms with Crippen LogP contribution in [0.5, 0.6) is 0 Å². The summed E-state index contributed by atoms with van der Waals surface area (Å²) in [5.74, 6) is 0.392. The van der Waals surface area contributed by atoms with Crippen LogP contribution in [0.1, 0.15) is 60.5 Å². The van der Waals surface area contributed by atoms with E-state index in [0.29, 0.717) is 5.65 Å². The normalized spacial score (nSPS) is 12.3. The molecule has 0 aliphatic heterocycles. The van der Waals surface area contributed by atoms with Gasteiger partial charge in [0.2, 0.25) is 0 Å². The third-order valence-electron chi connectivity index (χ3n) is 4.77. The maximum Gasteiger partial charge on any atom is 0.356 e. The summed E-state index contributed by atoms with van der Waals surface area (Å²) in [4.78, 5) is 21.1. The Balaban J connectivity index is 2.15. The first-order valence-electron chi connectivity index (χ1n) is 9.25. The van der Waals surface area contributed by atoms with Gasteiger partial charge in [-0.05, 0) is 37.1 Å². The van der Waals surface area contributed by atoms with E-state index in [9.17, 15) is 4.79 Å². The van der Waals surface area contributed by atoms with Crippen molar-refractivity contribution in [3.63, 3.8) is 0 Å². The van der Waals surface area contributed by atoms with Crippen molar-refractivity contribution in [2.45, 2.75) is 45.6 Å². The Kier molecular flexibility index (Phi) is 6.11. The molecule has 142 valence electrons. The molecular weight excluding hydrogens is 362 g/mol. The molecule has 0 aliphatic rings. The van der Waals surface area contributed by atoms with E-state index in [2.05, 4.69) is 21.5 Å². The number of pyridine rings is 1. The predicted octanol–water partition coefficient (Wildman–Crippen LogP) is 5.35. The molecule has 3 rings (SSSR count). The maximum absolute atomic E-state index is 11.9. The van der Waals surface area contributed by atoms with Gasteiger partial charge in [-0.3, -0.25) is 0 Å². The number of rotatable bonds is 7. The molecule has 5 nitrogen and oxygen atoms in total. The van der Waals surface area contributed by atoms with Crippen LogP contribution in [0.25, 0.3) is 11.2 Å². The number of fused-ring (bicyclic) bond motifs is 1. The van der Waals surface area contributed by atoms with Gasteiger partial charge >= 0.3 is 5.97 Å². The largest absolute Gasteiger partial charge is 0.464 e. The monoisotopic (exact) mass is 385 g/mol. The highest BCUT2D eigenvalue weighted by Gasteiger charge is 2.22. The first kappa shape index (κ1) is 19.4. The Morgan fingerprint density at radius 2 is 1.96 bits per heavy atom. The molecule has 2 heterocycles. The summed E-state index contributed by atoms with van der Waals surface area (Å²) in [5.41, 5.74) is 2.75. The lowest BCUT2D eigenvalue weighted by molar-refractivity contribution is 0.0594. The van der Waals surface area contributed by atoms with Gasteiger partial charge in [0.25, 0.3) is 0 Å². The van der Waals surface area contributed by atoms with Gasteiger partial charge < -0.3 is 9.30 Å². The zero-order valence-corrected chi connectivity index (χ0v) is 16.7. The number of hydrogen-bond donors (Lipinski definition) is 0. The molecule has 0 spiro atoms. The molecular formula is C21H24ClN3O2. The van der Waals surface area contributed by atoms with Gasteiger partial charge in [-0.2, -0.15) is 0 Å². The van der Waals surface area contributed by atoms with Crippen molar-refractivity contribution < 1.29 is 9.53 Å². The van der Waals surface area contributed by atoms with Crippen LogP contribution in [0, 0.1) is 6.92 Å². The number of ether oxygens (including phenoxy) is 1. The summed E-state index contributed by atoms with van der Waals surface area (Å²) in [6, 6.07) is 11.4. The van der Waals surface area contributed by atoms with E-state index in [1.807, 2.05) is 37.3 Å². The fraction of sp³-hybridized carbons (Fsp3) is 0.381. The Bertz CT molecular complexity index is 952. The number of methoxy groups -OCH3 is 1. The minimum atomic E-state index is -0.456. The lowest BCUT2D eigenvalue weighted by Gasteiger charge is -2.22. The van der Waals surface area contributed by atoms with Gasteiger partial charge in [0.05, 0.1) is 13.2 Å². The van der Waals surface area contributed by atoms with Crippen molar-refractivity contribution in [2.24, 2.45) is 0 Å². The van der Waals surface area contributed by atoms with Crippen molar-refractivity contribution in [3.05, 3.63) is 58.5 Å². The first-order valence-corrected chi connectivity index (χ1v) is 9.63. The summed E-state index contributed by atoms with van der Waals surface area (Å²) < 4.78 is 6.92. The van der Waals surface area contributed by atoms with E-state index >= 15 is 0 Å². The first-order chi connectivity index (χ1) is 13.1. The lowest BCUT2D eigenvalue weighted by atomic mass is 10.00. The zero-order valence-electron chi connectivity index (χ0n) is 15.9. The van der Waals surface area contributed by atoms with Crippen molar-refractivity contribution in [1.29, 1.82) is 0 Å². The molecule has 0 bridgehead atoms. The van der Waals surface area contributed by atoms with E-state index in [1.165, 1.54) is 7.11 Å². The number of aryl methyl sites for hydroxylation is 1. The molecule has 1 atom stereocenters. The zero-order chi connectivity index (χ0) is 19.4. The van der Waals surface area contributed by atoms with E-state index in [0.717, 1.165) is 47.6 Å². The number of aromatic nitrogens is 3. The van der Waals surface area contributed by atoms with Crippen LogP contribution in [0.15, 0.2) is 36.4 Å². The number of imidazole rings is 1. The number of esters is 1. The third-order valence-corrected chi connectivity index (χ3v) is 5.11. The second kappa shape index (κ2) is 8.53. The van der Waals surface area contributed by atoms with Crippen LogP contribution in [-0.4, -0.2) is 27.6 Å². The highest BCUT2D eigenvalue weighted by atomic mass is 35.5. The van der Waals surface area contributed by atoms with E-state index in [4.69, 9.17) is 16.3 Å². The SMILES string of the molecule is CCCCCC(c1ccccc1Cl)n1c(C)nc2ccc(C(=O)OC)nc21. The topological polar surface area (TPSA) is 57.0 Å². The molecule has 3 aromatic rings. The quantitative estimate of drug-likeness (QED) is 0.406. The fourth-order valence-electron chi connectivity index (χ4n) is 3.44. The van der Waals surface area contributed by atoms with Gasteiger partial charge in [0.15, 0.2) is 11.3 Å². The van der Waals surface area contributed by atoms with E-state index < -0.39 is 5.97 Å². The highest BCUT2D eigenvalue weighted by Crippen LogP contribution is 2.33. The Morgan fingerprint density at radius 1 is 1.19 bits per heavy atom. The highest BCUT2D eigenvalue weighted by molar-refractivity contribution is 6.31. The smallest absolute Gasteiger partial charge is 0.356 e. The summed E-state index contributed by atoms with van der Waals surface area (Å²) in [6.45, 7) is 4.15. The summed E-state index contributed by atoms with van der Waals surface area (Å²) in [5, 5.41) is 0.726. The molecule has 0 saturated heterocycles. The second-order valence-corrected chi connectivity index (χ2v) is 7.00. The van der Waals surface area contributed by atoms with Crippen molar-refractivity contribution >= 4 is 28.7 Å². The molecule has 27 heavy (non-hydrogen) atoms. The van der Waals surface area contributed by atoms with Crippen molar-refractivity contribution in [3.8, 4) is 0 Å². The Hall–Kier alpha value is -2.40. The van der Waals surface area contributed by atoms with Gasteiger partial charge in [-0.1, -0.05) is 56.0 Å². The van der Waals surface area contributed by atoms with E-state index in [1.54, 1.807) is 6.07 Å². The number of carbonyl (C=O) groups excluding carboxylic acids is 1. The van der Waals surface area contributed by atoms with Crippen LogP contribution in [0.4, 0.5) is 0 Å². The minimum Gasteiger partial charge on any atom is -0.464 e. The van der Waals surface area contributed by atoms with E-state index in [-0.39, 0.29) is 11.7 Å². The molecule has 1 unspecified atom stereocenters. The van der Waals surface area contributed by atoms with Gasteiger partial charge in [-0.15, -0.1) is 0 Å². The van der Waals surface area contributed by atoms with Crippen LogP contribution in [0.3, 0.4) is 0 Å². The number of halogens is 1. The van der Waals surface area contributed by atoms with Gasteiger partial charge in [0.1, 0.15) is 11.3 Å². The van der Waals surface area contributed by atoms with Crippen LogP contribution >= 0.6 is 11.6 Å². The number of benzene rings is 1. The summed E-state index contributed by atoms with van der Waals surface area (Å²) >= 11 is 6.53. The van der Waals surface area contributed by atoms with Gasteiger partial charge in [-0.25, -0.2) is 14.8 Å². The lowest BCUT2D eigenvalue weighted by Crippen LogP contribution is -2.14. The fourth-order valence-corrected chi connectivity index (χ4v) is 3.70. The summed E-state index contributed by atoms with van der Waals surface area (Å²) in [7, 11) is 1.36. The van der Waals surface area contributed by atoms with Crippen LogP contribution in [0.2, 0.25) is 5.02 Å². The average molecular weight is 386 g/mol. The Labute approximate surface area is 164 Å². The van der Waals surface area contributed by atoms with Crippen LogP contribution in [-0.2, 0) is 4.74 Å². The molecule has 0 saturated carbocycles. The molecule has 1 aromatic carbocycles. The average Bonchev–Trinajstić information content (AvgIpc) is 3.00. The maximum atomic E-state index is 11.9. The van der Waals surface area contributed by atoms with Crippen LogP contribution < -0.4 is 0 Å². The summed E-state index contributed by atoms with van der Waals surface area (Å²) in [6.07, 6.45) is 4.29. The van der Waals surface area contributed by atoms with Crippen molar-refractivity contribution in [1.82, 2.24) is 14.5 Å². The molecule has 0 aliphatic carbocycles. The number of hydrogen-bond acceptors (Lipinski definition) is 4. The number of nitrogens with zero attached hydrogens (tertiary/aromatic N) is 3. The standard InChI is InChI=1S/C21H24ClN3O2/c1-4-5-6-11-19(15-9-7-8-10-16(15)22)25-14(2)23-17-12-13-18(21(26)27-3)24-20(17)25/h7-10,12-13,19H,4-6,11H2,1-3H3. The minimum absolute atomic E-state index is 0.00986. The molecule has 0 N–H and O–H groups in total.